The lowest BCUT2D eigenvalue weighted by molar-refractivity contribution is -0.129. The molecule has 2 aromatic carbocycles. The monoisotopic (exact) mass is 382 g/mol. The van der Waals surface area contributed by atoms with Crippen LogP contribution in [0.15, 0.2) is 42.5 Å². The predicted octanol–water partition coefficient (Wildman–Crippen LogP) is 2.68. The Morgan fingerprint density at radius 2 is 1.89 bits per heavy atom. The first-order valence-electron chi connectivity index (χ1n) is 9.32. The lowest BCUT2D eigenvalue weighted by Crippen LogP contribution is -2.32. The second kappa shape index (κ2) is 8.78. The summed E-state index contributed by atoms with van der Waals surface area (Å²) in [6.07, 6.45) is 0.243. The summed E-state index contributed by atoms with van der Waals surface area (Å²) in [4.78, 5) is 26.6. The van der Waals surface area contributed by atoms with E-state index in [9.17, 15) is 9.59 Å². The molecule has 0 saturated carbocycles. The molecule has 1 heterocycles. The maximum absolute atomic E-state index is 12.5. The average molecular weight is 382 g/mol. The Morgan fingerprint density at radius 3 is 2.61 bits per heavy atom. The van der Waals surface area contributed by atoms with Crippen LogP contribution in [0.4, 0.5) is 0 Å². The highest BCUT2D eigenvalue weighted by Gasteiger charge is 2.34. The molecule has 1 fully saturated rings. The zero-order valence-corrected chi connectivity index (χ0v) is 16.5. The fraction of sp³-hybridized carbons (Fsp3) is 0.364. The van der Waals surface area contributed by atoms with Crippen LogP contribution in [0.3, 0.4) is 0 Å². The Morgan fingerprint density at radius 1 is 1.14 bits per heavy atom. The van der Waals surface area contributed by atoms with Gasteiger partial charge in [-0.3, -0.25) is 9.59 Å². The zero-order valence-electron chi connectivity index (χ0n) is 16.5. The Bertz CT molecular complexity index is 865. The van der Waals surface area contributed by atoms with Crippen LogP contribution in [-0.4, -0.2) is 37.5 Å². The first-order valence-corrected chi connectivity index (χ1v) is 9.32. The maximum Gasteiger partial charge on any atom is 0.225 e. The van der Waals surface area contributed by atoms with E-state index in [0.717, 1.165) is 16.7 Å². The quantitative estimate of drug-likeness (QED) is 0.799. The van der Waals surface area contributed by atoms with Crippen LogP contribution in [0.2, 0.25) is 0 Å². The van der Waals surface area contributed by atoms with Crippen molar-refractivity contribution in [2.24, 2.45) is 5.92 Å². The summed E-state index contributed by atoms with van der Waals surface area (Å²) in [7, 11) is 3.17. The third-order valence-electron chi connectivity index (χ3n) is 5.12. The van der Waals surface area contributed by atoms with Gasteiger partial charge in [-0.05, 0) is 35.7 Å². The predicted molar refractivity (Wildman–Crippen MR) is 106 cm³/mol. The zero-order chi connectivity index (χ0) is 20.1. The molecule has 0 radical (unpaired) electrons. The molecule has 2 amide bonds. The third-order valence-corrected chi connectivity index (χ3v) is 5.12. The number of nitrogens with one attached hydrogen (secondary N) is 1. The van der Waals surface area contributed by atoms with E-state index in [2.05, 4.69) is 5.32 Å². The van der Waals surface area contributed by atoms with E-state index in [0.29, 0.717) is 31.1 Å². The van der Waals surface area contributed by atoms with Crippen molar-refractivity contribution in [3.05, 3.63) is 59.2 Å². The van der Waals surface area contributed by atoms with Crippen LogP contribution in [-0.2, 0) is 22.7 Å². The van der Waals surface area contributed by atoms with Gasteiger partial charge in [-0.2, -0.15) is 0 Å². The number of hydrogen-bond donors (Lipinski definition) is 1. The summed E-state index contributed by atoms with van der Waals surface area (Å²) in [6, 6.07) is 13.5. The standard InChI is InChI=1S/C22H26N2O4/c1-15-6-4-5-7-17(15)12-23-22(26)18-11-21(25)24(14-18)13-16-8-9-19(27-2)20(10-16)28-3/h4-10,18H,11-14H2,1-3H3,(H,23,26). The number of benzene rings is 2. The van der Waals surface area contributed by atoms with Crippen LogP contribution in [0, 0.1) is 12.8 Å². The topological polar surface area (TPSA) is 67.9 Å². The minimum Gasteiger partial charge on any atom is -0.493 e. The van der Waals surface area contributed by atoms with Gasteiger partial charge in [-0.1, -0.05) is 30.3 Å². The van der Waals surface area contributed by atoms with Crippen LogP contribution < -0.4 is 14.8 Å². The molecule has 0 aliphatic carbocycles. The van der Waals surface area contributed by atoms with Gasteiger partial charge >= 0.3 is 0 Å². The first kappa shape index (κ1) is 19.7. The van der Waals surface area contributed by atoms with Crippen LogP contribution in [0.5, 0.6) is 11.5 Å². The maximum atomic E-state index is 12.5. The molecule has 28 heavy (non-hydrogen) atoms. The molecule has 2 aromatic rings. The number of likely N-dealkylation sites (tertiary alicyclic amines) is 1. The van der Waals surface area contributed by atoms with Crippen molar-refractivity contribution in [3.8, 4) is 11.5 Å². The van der Waals surface area contributed by atoms with E-state index in [1.54, 1.807) is 19.1 Å². The number of methoxy groups -OCH3 is 2. The largest absolute Gasteiger partial charge is 0.493 e. The van der Waals surface area contributed by atoms with Crippen molar-refractivity contribution in [2.45, 2.75) is 26.4 Å². The number of carbonyl (C=O) groups excluding carboxylic acids is 2. The van der Waals surface area contributed by atoms with Gasteiger partial charge in [-0.25, -0.2) is 0 Å². The summed E-state index contributed by atoms with van der Waals surface area (Å²) in [5.41, 5.74) is 3.16. The van der Waals surface area contributed by atoms with E-state index in [1.165, 1.54) is 0 Å². The normalized spacial score (nSPS) is 16.2. The summed E-state index contributed by atoms with van der Waals surface area (Å²) >= 11 is 0. The summed E-state index contributed by atoms with van der Waals surface area (Å²) in [5, 5.41) is 2.97. The van der Waals surface area contributed by atoms with Crippen LogP contribution in [0.25, 0.3) is 0 Å². The van der Waals surface area contributed by atoms with Gasteiger partial charge < -0.3 is 19.7 Å². The van der Waals surface area contributed by atoms with Crippen molar-refractivity contribution >= 4 is 11.8 Å². The van der Waals surface area contributed by atoms with Crippen LogP contribution >= 0.6 is 0 Å². The minimum atomic E-state index is -0.323. The molecule has 148 valence electrons. The second-order valence-electron chi connectivity index (χ2n) is 7.01. The van der Waals surface area contributed by atoms with Gasteiger partial charge in [0.15, 0.2) is 11.5 Å². The van der Waals surface area contributed by atoms with Gasteiger partial charge in [0.1, 0.15) is 0 Å². The van der Waals surface area contributed by atoms with Crippen molar-refractivity contribution < 1.29 is 19.1 Å². The number of nitrogens with zero attached hydrogens (tertiary/aromatic N) is 1. The highest BCUT2D eigenvalue weighted by atomic mass is 16.5. The fourth-order valence-electron chi connectivity index (χ4n) is 3.44. The number of amides is 2. The Kier molecular flexibility index (Phi) is 6.19. The lowest BCUT2D eigenvalue weighted by atomic mass is 10.1. The Hall–Kier alpha value is -3.02. The first-order chi connectivity index (χ1) is 13.5. The molecule has 1 aliphatic heterocycles. The Labute approximate surface area is 165 Å². The molecule has 1 N–H and O–H groups in total. The number of rotatable bonds is 7. The minimum absolute atomic E-state index is 0.00849. The van der Waals surface area contributed by atoms with Crippen molar-refractivity contribution in [1.82, 2.24) is 10.2 Å². The molecule has 1 saturated heterocycles. The molecular formula is C22H26N2O4. The molecule has 1 atom stereocenters. The SMILES string of the molecule is COc1ccc(CN2CC(C(=O)NCc3ccccc3C)CC2=O)cc1OC. The molecule has 0 aromatic heterocycles. The number of hydrogen-bond acceptors (Lipinski definition) is 4. The van der Waals surface area contributed by atoms with Gasteiger partial charge in [0.05, 0.1) is 20.1 Å². The molecule has 6 heteroatoms. The lowest BCUT2D eigenvalue weighted by Gasteiger charge is -2.18. The molecule has 6 nitrogen and oxygen atoms in total. The highest BCUT2D eigenvalue weighted by molar-refractivity contribution is 5.89. The summed E-state index contributed by atoms with van der Waals surface area (Å²) < 4.78 is 10.6. The van der Waals surface area contributed by atoms with Gasteiger partial charge in [-0.15, -0.1) is 0 Å². The van der Waals surface area contributed by atoms with Crippen molar-refractivity contribution in [1.29, 1.82) is 0 Å². The molecule has 1 unspecified atom stereocenters. The van der Waals surface area contributed by atoms with Crippen molar-refractivity contribution in [3.63, 3.8) is 0 Å². The van der Waals surface area contributed by atoms with E-state index in [4.69, 9.17) is 9.47 Å². The van der Waals surface area contributed by atoms with Gasteiger partial charge in [0.2, 0.25) is 11.8 Å². The van der Waals surface area contributed by atoms with Crippen LogP contribution in [0.1, 0.15) is 23.1 Å². The van der Waals surface area contributed by atoms with Crippen molar-refractivity contribution in [2.75, 3.05) is 20.8 Å². The molecule has 1 aliphatic rings. The Balaban J connectivity index is 1.59. The molecular weight excluding hydrogens is 356 g/mol. The highest BCUT2D eigenvalue weighted by Crippen LogP contribution is 2.29. The summed E-state index contributed by atoms with van der Waals surface area (Å²) in [6.45, 7) is 3.37. The van der Waals surface area contributed by atoms with Gasteiger partial charge in [0.25, 0.3) is 0 Å². The molecule has 3 rings (SSSR count). The smallest absolute Gasteiger partial charge is 0.225 e. The number of carbonyl (C=O) groups is 2. The molecule has 0 spiro atoms. The average Bonchev–Trinajstić information content (AvgIpc) is 3.07. The van der Waals surface area contributed by atoms with Gasteiger partial charge in [0, 0.05) is 26.1 Å². The van der Waals surface area contributed by atoms with E-state index < -0.39 is 0 Å². The summed E-state index contributed by atoms with van der Waals surface area (Å²) in [5.74, 6) is 0.862. The molecule has 0 bridgehead atoms. The second-order valence-corrected chi connectivity index (χ2v) is 7.01. The fourth-order valence-corrected chi connectivity index (χ4v) is 3.44. The van der Waals surface area contributed by atoms with E-state index >= 15 is 0 Å². The van der Waals surface area contributed by atoms with E-state index in [-0.39, 0.29) is 24.2 Å². The third kappa shape index (κ3) is 4.44. The number of ether oxygens (including phenoxy) is 2. The number of aryl methyl sites for hydroxylation is 1. The van der Waals surface area contributed by atoms with E-state index in [1.807, 2.05) is 49.4 Å².